The lowest BCUT2D eigenvalue weighted by Gasteiger charge is -2.15. The van der Waals surface area contributed by atoms with Gasteiger partial charge in [-0.1, -0.05) is 13.0 Å². The summed E-state index contributed by atoms with van der Waals surface area (Å²) in [5.74, 6) is 1.77. The fourth-order valence-corrected chi connectivity index (χ4v) is 1.90. The Bertz CT molecular complexity index is 334. The average molecular weight is 224 g/mol. The van der Waals surface area contributed by atoms with Gasteiger partial charge in [0.2, 0.25) is 0 Å². The maximum atomic E-state index is 8.85. The molecule has 1 N–H and O–H groups in total. The first-order valence-electron chi connectivity index (χ1n) is 5.62. The molecule has 0 aromatic heterocycles. The summed E-state index contributed by atoms with van der Waals surface area (Å²) in [7, 11) is 3.34. The molecule has 0 radical (unpaired) electrons. The quantitative estimate of drug-likeness (QED) is 0.805. The summed E-state index contributed by atoms with van der Waals surface area (Å²) in [6, 6.07) is 3.97. The van der Waals surface area contributed by atoms with Crippen LogP contribution in [0.1, 0.15) is 24.5 Å². The maximum Gasteiger partial charge on any atom is 0.128 e. The lowest BCUT2D eigenvalue weighted by atomic mass is 10.0. The molecule has 0 unspecified atom stereocenters. The van der Waals surface area contributed by atoms with Crippen molar-refractivity contribution in [2.75, 3.05) is 20.8 Å². The number of ether oxygens (including phenoxy) is 2. The minimum Gasteiger partial charge on any atom is -0.496 e. The van der Waals surface area contributed by atoms with E-state index in [-0.39, 0.29) is 6.61 Å². The third-order valence-electron chi connectivity index (χ3n) is 2.68. The summed E-state index contributed by atoms with van der Waals surface area (Å²) in [6.45, 7) is 2.28. The first kappa shape index (κ1) is 12.8. The molecule has 0 atom stereocenters. The van der Waals surface area contributed by atoms with Crippen molar-refractivity contribution in [3.05, 3.63) is 23.3 Å². The van der Waals surface area contributed by atoms with Crippen LogP contribution in [0.25, 0.3) is 0 Å². The predicted octanol–water partition coefficient (Wildman–Crippen LogP) is 2.19. The van der Waals surface area contributed by atoms with Gasteiger partial charge in [-0.2, -0.15) is 0 Å². The molecule has 0 fully saturated rings. The van der Waals surface area contributed by atoms with Crippen LogP contribution in [-0.2, 0) is 12.8 Å². The van der Waals surface area contributed by atoms with Crippen molar-refractivity contribution in [3.8, 4) is 11.5 Å². The van der Waals surface area contributed by atoms with E-state index in [0.717, 1.165) is 41.9 Å². The second-order valence-corrected chi connectivity index (χ2v) is 3.62. The van der Waals surface area contributed by atoms with E-state index < -0.39 is 0 Å². The Hall–Kier alpha value is -1.22. The molecule has 0 amide bonds. The molecule has 0 heterocycles. The highest BCUT2D eigenvalue weighted by atomic mass is 16.5. The van der Waals surface area contributed by atoms with Crippen molar-refractivity contribution < 1.29 is 14.6 Å². The Morgan fingerprint density at radius 3 is 2.44 bits per heavy atom. The van der Waals surface area contributed by atoms with Crippen LogP contribution in [0.2, 0.25) is 0 Å². The van der Waals surface area contributed by atoms with Gasteiger partial charge in [0.05, 0.1) is 14.2 Å². The summed E-state index contributed by atoms with van der Waals surface area (Å²) in [4.78, 5) is 0. The fourth-order valence-electron chi connectivity index (χ4n) is 1.90. The van der Waals surface area contributed by atoms with Crippen molar-refractivity contribution in [1.29, 1.82) is 0 Å². The van der Waals surface area contributed by atoms with Crippen LogP contribution in [-0.4, -0.2) is 25.9 Å². The largest absolute Gasteiger partial charge is 0.496 e. The summed E-state index contributed by atoms with van der Waals surface area (Å²) in [5.41, 5.74) is 2.23. The third kappa shape index (κ3) is 2.67. The van der Waals surface area contributed by atoms with E-state index in [2.05, 4.69) is 6.92 Å². The molecule has 1 rings (SSSR count). The Balaban J connectivity index is 3.10. The van der Waals surface area contributed by atoms with Gasteiger partial charge in [-0.25, -0.2) is 0 Å². The summed E-state index contributed by atoms with van der Waals surface area (Å²) in [6.07, 6.45) is 2.46. The van der Waals surface area contributed by atoms with E-state index in [1.165, 1.54) is 0 Å². The van der Waals surface area contributed by atoms with Gasteiger partial charge in [-0.15, -0.1) is 0 Å². The monoisotopic (exact) mass is 224 g/mol. The molecular formula is C13H20O3. The molecule has 3 nitrogen and oxygen atoms in total. The van der Waals surface area contributed by atoms with Crippen LogP contribution in [0.4, 0.5) is 0 Å². The van der Waals surface area contributed by atoms with Crippen LogP contribution in [0.15, 0.2) is 12.1 Å². The molecular weight excluding hydrogens is 204 g/mol. The third-order valence-corrected chi connectivity index (χ3v) is 2.68. The Morgan fingerprint density at radius 2 is 1.94 bits per heavy atom. The Morgan fingerprint density at radius 1 is 1.19 bits per heavy atom. The average Bonchev–Trinajstić information content (AvgIpc) is 2.34. The van der Waals surface area contributed by atoms with Gasteiger partial charge >= 0.3 is 0 Å². The van der Waals surface area contributed by atoms with E-state index in [4.69, 9.17) is 14.6 Å². The van der Waals surface area contributed by atoms with Crippen molar-refractivity contribution in [2.24, 2.45) is 0 Å². The zero-order valence-corrected chi connectivity index (χ0v) is 10.2. The number of hydrogen-bond donors (Lipinski definition) is 1. The predicted molar refractivity (Wildman–Crippen MR) is 64.3 cm³/mol. The van der Waals surface area contributed by atoms with Gasteiger partial charge in [0, 0.05) is 12.2 Å². The number of hydrogen-bond acceptors (Lipinski definition) is 3. The molecule has 0 saturated heterocycles. The van der Waals surface area contributed by atoms with Crippen LogP contribution >= 0.6 is 0 Å². The highest BCUT2D eigenvalue weighted by molar-refractivity contribution is 5.50. The van der Waals surface area contributed by atoms with Gasteiger partial charge in [0.15, 0.2) is 0 Å². The zero-order valence-electron chi connectivity index (χ0n) is 10.2. The molecule has 0 bridgehead atoms. The SMILES string of the molecule is CCc1c(OC)ccc(CCCO)c1OC. The summed E-state index contributed by atoms with van der Waals surface area (Å²) < 4.78 is 10.8. The van der Waals surface area contributed by atoms with Crippen molar-refractivity contribution in [2.45, 2.75) is 26.2 Å². The molecule has 1 aromatic carbocycles. The minimum atomic E-state index is 0.205. The normalized spacial score (nSPS) is 10.2. The number of aryl methyl sites for hydroxylation is 1. The maximum absolute atomic E-state index is 8.85. The van der Waals surface area contributed by atoms with Gasteiger partial charge in [0.1, 0.15) is 11.5 Å². The zero-order chi connectivity index (χ0) is 12.0. The van der Waals surface area contributed by atoms with Crippen LogP contribution in [0.5, 0.6) is 11.5 Å². The van der Waals surface area contributed by atoms with E-state index in [1.54, 1.807) is 14.2 Å². The first-order valence-corrected chi connectivity index (χ1v) is 5.62. The molecule has 0 saturated carbocycles. The topological polar surface area (TPSA) is 38.7 Å². The number of aliphatic hydroxyl groups excluding tert-OH is 1. The highest BCUT2D eigenvalue weighted by Gasteiger charge is 2.12. The molecule has 0 aliphatic carbocycles. The van der Waals surface area contributed by atoms with Crippen LogP contribution in [0.3, 0.4) is 0 Å². The highest BCUT2D eigenvalue weighted by Crippen LogP contribution is 2.33. The van der Waals surface area contributed by atoms with Gasteiger partial charge in [-0.3, -0.25) is 0 Å². The molecule has 3 heteroatoms. The first-order chi connectivity index (χ1) is 7.78. The molecule has 1 aromatic rings. The summed E-state index contributed by atoms with van der Waals surface area (Å²) >= 11 is 0. The van der Waals surface area contributed by atoms with Crippen molar-refractivity contribution in [3.63, 3.8) is 0 Å². The van der Waals surface area contributed by atoms with Crippen LogP contribution in [0, 0.1) is 0 Å². The van der Waals surface area contributed by atoms with Crippen molar-refractivity contribution in [1.82, 2.24) is 0 Å². The fraction of sp³-hybridized carbons (Fsp3) is 0.538. The number of methoxy groups -OCH3 is 2. The van der Waals surface area contributed by atoms with E-state index in [0.29, 0.717) is 0 Å². The Kier molecular flexibility index (Phi) is 5.12. The number of benzene rings is 1. The van der Waals surface area contributed by atoms with Gasteiger partial charge in [0.25, 0.3) is 0 Å². The molecule has 0 aliphatic rings. The molecule has 16 heavy (non-hydrogen) atoms. The molecule has 0 aliphatic heterocycles. The smallest absolute Gasteiger partial charge is 0.128 e. The van der Waals surface area contributed by atoms with Gasteiger partial charge < -0.3 is 14.6 Å². The number of aliphatic hydroxyl groups is 1. The molecule has 90 valence electrons. The second-order valence-electron chi connectivity index (χ2n) is 3.62. The van der Waals surface area contributed by atoms with Crippen LogP contribution < -0.4 is 9.47 Å². The lowest BCUT2D eigenvalue weighted by molar-refractivity contribution is 0.287. The second kappa shape index (κ2) is 6.38. The summed E-state index contributed by atoms with van der Waals surface area (Å²) in [5, 5.41) is 8.85. The van der Waals surface area contributed by atoms with E-state index in [1.807, 2.05) is 12.1 Å². The lowest BCUT2D eigenvalue weighted by Crippen LogP contribution is -2.01. The van der Waals surface area contributed by atoms with Crippen molar-refractivity contribution >= 4 is 0 Å². The minimum absolute atomic E-state index is 0.205. The van der Waals surface area contributed by atoms with E-state index >= 15 is 0 Å². The molecule has 0 spiro atoms. The van der Waals surface area contributed by atoms with E-state index in [9.17, 15) is 0 Å². The number of rotatable bonds is 6. The Labute approximate surface area is 97.0 Å². The standard InChI is InChI=1S/C13H20O3/c1-4-11-12(15-2)8-7-10(6-5-9-14)13(11)16-3/h7-8,14H,4-6,9H2,1-3H3. The van der Waals surface area contributed by atoms with Gasteiger partial charge in [-0.05, 0) is 30.9 Å².